The van der Waals surface area contributed by atoms with Gasteiger partial charge in [0.2, 0.25) is 5.37 Å². The topological polar surface area (TPSA) is 37.3 Å². The Balaban J connectivity index is 2.11. The molecular formula is C16H15FNO2S+. The van der Waals surface area contributed by atoms with Crippen LogP contribution < -0.4 is 4.65 Å². The first kappa shape index (κ1) is 14.3. The van der Waals surface area contributed by atoms with E-state index in [1.165, 1.54) is 23.9 Å². The number of hydroxylamine groups is 2. The highest BCUT2D eigenvalue weighted by molar-refractivity contribution is 8.00. The quantitative estimate of drug-likeness (QED) is 0.677. The Kier molecular flexibility index (Phi) is 3.57. The van der Waals surface area contributed by atoms with E-state index in [2.05, 4.69) is 0 Å². The second kappa shape index (κ2) is 5.26. The second-order valence-electron chi connectivity index (χ2n) is 5.08. The molecule has 5 heteroatoms. The fraction of sp³-hybridized carbons (Fsp3) is 0.188. The summed E-state index contributed by atoms with van der Waals surface area (Å²) in [5.41, 5.74) is 2.16. The Bertz CT molecular complexity index is 689. The maximum absolute atomic E-state index is 13.1. The predicted molar refractivity (Wildman–Crippen MR) is 81.4 cm³/mol. The van der Waals surface area contributed by atoms with E-state index in [1.807, 2.05) is 19.1 Å². The van der Waals surface area contributed by atoms with Crippen LogP contribution in [0.25, 0.3) is 0 Å². The molecule has 3 nitrogen and oxygen atoms in total. The number of carbonyl (C=O) groups excluding carboxylic acids is 1. The highest BCUT2D eigenvalue weighted by Gasteiger charge is 2.54. The molecule has 1 heterocycles. The number of benzene rings is 2. The Labute approximate surface area is 126 Å². The minimum Gasteiger partial charge on any atom is -0.226 e. The number of para-hydroxylation sites is 1. The van der Waals surface area contributed by atoms with Gasteiger partial charge in [-0.1, -0.05) is 34.6 Å². The van der Waals surface area contributed by atoms with Crippen molar-refractivity contribution in [1.82, 2.24) is 4.65 Å². The van der Waals surface area contributed by atoms with Gasteiger partial charge in [-0.3, -0.25) is 0 Å². The summed E-state index contributed by atoms with van der Waals surface area (Å²) in [5.74, 6) is -0.365. The molecule has 2 aromatic carbocycles. The first-order valence-electron chi connectivity index (χ1n) is 6.61. The average molecular weight is 304 g/mol. The Hall–Kier alpha value is -1.69. The summed E-state index contributed by atoms with van der Waals surface area (Å²) in [7, 11) is 0. The van der Waals surface area contributed by atoms with Gasteiger partial charge in [0, 0.05) is 17.2 Å². The second-order valence-corrected chi connectivity index (χ2v) is 6.15. The van der Waals surface area contributed by atoms with E-state index in [1.54, 1.807) is 24.3 Å². The lowest BCUT2D eigenvalue weighted by Gasteiger charge is -2.29. The van der Waals surface area contributed by atoms with Crippen LogP contribution in [0.4, 0.5) is 10.1 Å². The molecule has 2 unspecified atom stereocenters. The third kappa shape index (κ3) is 2.27. The fourth-order valence-corrected chi connectivity index (χ4v) is 3.93. The van der Waals surface area contributed by atoms with Crippen molar-refractivity contribution in [2.24, 2.45) is 0 Å². The lowest BCUT2D eigenvalue weighted by molar-refractivity contribution is -0.159. The monoisotopic (exact) mass is 304 g/mol. The molecule has 0 spiro atoms. The summed E-state index contributed by atoms with van der Waals surface area (Å²) in [6, 6.07) is 13.2. The van der Waals surface area contributed by atoms with Crippen LogP contribution in [0.2, 0.25) is 0 Å². The van der Waals surface area contributed by atoms with E-state index in [0.717, 1.165) is 11.1 Å². The first-order valence-corrected chi connectivity index (χ1v) is 7.66. The minimum atomic E-state index is -0.761. The maximum Gasteiger partial charge on any atom is 0.362 e. The SMILES string of the molecule is Cc1ccccc1[N+]1(O)C(=O)CSC1c1ccc(F)cc1. The number of halogens is 1. The standard InChI is InChI=1S/C16H15FNO2S/c1-11-4-2-3-5-14(11)18(20)15(19)10-21-16(18)12-6-8-13(17)9-7-12/h2-9,16,20H,10H2,1H3/q+1. The Morgan fingerprint density at radius 2 is 1.86 bits per heavy atom. The molecule has 2 aromatic rings. The van der Waals surface area contributed by atoms with Crippen LogP contribution in [0.1, 0.15) is 16.5 Å². The van der Waals surface area contributed by atoms with E-state index in [9.17, 15) is 14.4 Å². The molecule has 1 amide bonds. The third-order valence-electron chi connectivity index (χ3n) is 3.72. The Morgan fingerprint density at radius 3 is 2.52 bits per heavy atom. The van der Waals surface area contributed by atoms with Crippen LogP contribution in [-0.2, 0) is 4.79 Å². The van der Waals surface area contributed by atoms with E-state index in [4.69, 9.17) is 0 Å². The number of hydrogen-bond acceptors (Lipinski definition) is 3. The van der Waals surface area contributed by atoms with Crippen molar-refractivity contribution in [1.29, 1.82) is 0 Å². The molecule has 1 aliphatic heterocycles. The molecule has 1 N–H and O–H groups in total. The normalized spacial score (nSPS) is 25.3. The van der Waals surface area contributed by atoms with Crippen LogP contribution in [0.15, 0.2) is 48.5 Å². The van der Waals surface area contributed by atoms with Gasteiger partial charge in [-0.25, -0.2) is 14.4 Å². The van der Waals surface area contributed by atoms with E-state index in [-0.39, 0.29) is 17.5 Å². The van der Waals surface area contributed by atoms with Gasteiger partial charge in [0.15, 0.2) is 5.69 Å². The molecule has 0 bridgehead atoms. The smallest absolute Gasteiger partial charge is 0.226 e. The molecule has 0 saturated carbocycles. The van der Waals surface area contributed by atoms with Crippen molar-refractivity contribution in [2.45, 2.75) is 12.3 Å². The third-order valence-corrected chi connectivity index (χ3v) is 5.03. The van der Waals surface area contributed by atoms with Gasteiger partial charge >= 0.3 is 5.91 Å². The van der Waals surface area contributed by atoms with Crippen molar-refractivity contribution in [3.05, 3.63) is 65.5 Å². The number of aryl methyl sites for hydroxylation is 1. The predicted octanol–water partition coefficient (Wildman–Crippen LogP) is 3.80. The average Bonchev–Trinajstić information content (AvgIpc) is 2.77. The van der Waals surface area contributed by atoms with E-state index >= 15 is 0 Å². The zero-order chi connectivity index (χ0) is 15.0. The van der Waals surface area contributed by atoms with Gasteiger partial charge in [-0.2, -0.15) is 0 Å². The molecule has 108 valence electrons. The molecule has 1 fully saturated rings. The maximum atomic E-state index is 13.1. The number of nitrogens with zero attached hydrogens (tertiary/aromatic N) is 1. The number of hydrogen-bond donors (Lipinski definition) is 1. The summed E-state index contributed by atoms with van der Waals surface area (Å²) >= 11 is 1.37. The summed E-state index contributed by atoms with van der Waals surface area (Å²) in [6.45, 7) is 1.86. The largest absolute Gasteiger partial charge is 0.362 e. The molecule has 21 heavy (non-hydrogen) atoms. The molecule has 1 aliphatic rings. The molecule has 3 rings (SSSR count). The zero-order valence-corrected chi connectivity index (χ0v) is 12.3. The lowest BCUT2D eigenvalue weighted by atomic mass is 10.1. The van der Waals surface area contributed by atoms with Gasteiger partial charge in [-0.05, 0) is 31.2 Å². The molecule has 0 aromatic heterocycles. The van der Waals surface area contributed by atoms with Gasteiger partial charge in [0.05, 0.1) is 0 Å². The number of rotatable bonds is 2. The van der Waals surface area contributed by atoms with Crippen LogP contribution in [0.3, 0.4) is 0 Å². The van der Waals surface area contributed by atoms with E-state index in [0.29, 0.717) is 5.69 Å². The fourth-order valence-electron chi connectivity index (χ4n) is 2.63. The number of quaternary nitrogens is 1. The van der Waals surface area contributed by atoms with Crippen LogP contribution in [-0.4, -0.2) is 16.9 Å². The van der Waals surface area contributed by atoms with E-state index < -0.39 is 10.0 Å². The molecule has 0 radical (unpaired) electrons. The van der Waals surface area contributed by atoms with Crippen molar-refractivity contribution >= 4 is 23.4 Å². The molecule has 0 aliphatic carbocycles. The molecule has 1 saturated heterocycles. The van der Waals surface area contributed by atoms with Crippen molar-refractivity contribution in [2.75, 3.05) is 5.75 Å². The van der Waals surface area contributed by atoms with Crippen molar-refractivity contribution in [3.8, 4) is 0 Å². The highest BCUT2D eigenvalue weighted by Crippen LogP contribution is 2.47. The van der Waals surface area contributed by atoms with Crippen LogP contribution in [0, 0.1) is 12.7 Å². The van der Waals surface area contributed by atoms with Crippen molar-refractivity contribution < 1.29 is 14.4 Å². The first-order chi connectivity index (χ1) is 10.0. The van der Waals surface area contributed by atoms with Gasteiger partial charge in [-0.15, -0.1) is 0 Å². The summed E-state index contributed by atoms with van der Waals surface area (Å²) in [5, 5.41) is 10.6. The number of thioether (sulfide) groups is 1. The van der Waals surface area contributed by atoms with Crippen molar-refractivity contribution in [3.63, 3.8) is 0 Å². The zero-order valence-electron chi connectivity index (χ0n) is 11.5. The molecule has 2 atom stereocenters. The highest BCUT2D eigenvalue weighted by atomic mass is 32.2. The summed E-state index contributed by atoms with van der Waals surface area (Å²) in [6.07, 6.45) is 0. The van der Waals surface area contributed by atoms with Gasteiger partial charge in [0.1, 0.15) is 11.6 Å². The summed E-state index contributed by atoms with van der Waals surface area (Å²) in [4.78, 5) is 12.3. The number of amides is 1. The van der Waals surface area contributed by atoms with Crippen LogP contribution >= 0.6 is 11.8 Å². The minimum absolute atomic E-state index is 0.229. The van der Waals surface area contributed by atoms with Gasteiger partial charge in [0.25, 0.3) is 0 Å². The number of carbonyl (C=O) groups is 1. The Morgan fingerprint density at radius 1 is 1.19 bits per heavy atom. The van der Waals surface area contributed by atoms with Gasteiger partial charge < -0.3 is 0 Å². The summed E-state index contributed by atoms with van der Waals surface area (Å²) < 4.78 is 12.3. The van der Waals surface area contributed by atoms with Crippen LogP contribution in [0.5, 0.6) is 0 Å². The molecular weight excluding hydrogens is 289 g/mol. The lowest BCUT2D eigenvalue weighted by Crippen LogP contribution is -2.49.